The molecule has 0 aliphatic carbocycles. The van der Waals surface area contributed by atoms with E-state index in [0.29, 0.717) is 6.54 Å². The Morgan fingerprint density at radius 2 is 2.06 bits per heavy atom. The highest BCUT2D eigenvalue weighted by Gasteiger charge is 2.17. The highest BCUT2D eigenvalue weighted by Crippen LogP contribution is 2.25. The number of hydrogen-bond donors (Lipinski definition) is 1. The summed E-state index contributed by atoms with van der Waals surface area (Å²) in [5.41, 5.74) is 1.16. The van der Waals surface area contributed by atoms with Crippen LogP contribution in [0.4, 0.5) is 5.95 Å². The van der Waals surface area contributed by atoms with Gasteiger partial charge in [-0.05, 0) is 6.92 Å². The van der Waals surface area contributed by atoms with Crippen molar-refractivity contribution in [3.05, 3.63) is 21.9 Å². The Kier molecular flexibility index (Phi) is 3.38. The molecule has 0 atom stereocenters. The van der Waals surface area contributed by atoms with E-state index in [1.165, 1.54) is 0 Å². The number of nitrogens with one attached hydrogen (secondary N) is 1. The second kappa shape index (κ2) is 4.68. The van der Waals surface area contributed by atoms with Gasteiger partial charge in [-0.1, -0.05) is 20.8 Å². The maximum atomic E-state index is 4.63. The van der Waals surface area contributed by atoms with Gasteiger partial charge in [0.1, 0.15) is 5.82 Å². The predicted molar refractivity (Wildman–Crippen MR) is 73.9 cm³/mol. The molecule has 98 valence electrons. The van der Waals surface area contributed by atoms with Gasteiger partial charge in [-0.15, -0.1) is 11.3 Å². The molecule has 5 nitrogen and oxygen atoms in total. The molecule has 0 unspecified atom stereocenters. The molecule has 2 aromatic heterocycles. The van der Waals surface area contributed by atoms with Crippen LogP contribution in [0.3, 0.4) is 0 Å². The molecule has 0 aliphatic rings. The average Bonchev–Trinajstić information content (AvgIpc) is 2.81. The van der Waals surface area contributed by atoms with Crippen molar-refractivity contribution < 1.29 is 0 Å². The highest BCUT2D eigenvalue weighted by atomic mass is 32.1. The Morgan fingerprint density at radius 3 is 2.56 bits per heavy atom. The number of nitrogens with zero attached hydrogens (tertiary/aromatic N) is 4. The molecule has 0 aliphatic heterocycles. The number of thiazole rings is 1. The summed E-state index contributed by atoms with van der Waals surface area (Å²) in [5, 5.41) is 10.7. The van der Waals surface area contributed by atoms with Crippen molar-refractivity contribution in [2.75, 3.05) is 5.32 Å². The van der Waals surface area contributed by atoms with Crippen LogP contribution in [0.25, 0.3) is 0 Å². The van der Waals surface area contributed by atoms with Crippen LogP contribution in [-0.2, 0) is 19.0 Å². The van der Waals surface area contributed by atoms with Gasteiger partial charge in [0.05, 0.1) is 17.2 Å². The second-order valence-corrected chi connectivity index (χ2v) is 6.21. The first kappa shape index (κ1) is 13.0. The van der Waals surface area contributed by atoms with Gasteiger partial charge in [-0.3, -0.25) is 0 Å². The molecule has 0 fully saturated rings. The Bertz CT molecular complexity index is 535. The van der Waals surface area contributed by atoms with Crippen LogP contribution >= 0.6 is 11.3 Å². The fourth-order valence-corrected chi connectivity index (χ4v) is 2.48. The van der Waals surface area contributed by atoms with E-state index in [9.17, 15) is 0 Å². The van der Waals surface area contributed by atoms with E-state index in [1.54, 1.807) is 16.0 Å². The van der Waals surface area contributed by atoms with E-state index in [2.05, 4.69) is 46.5 Å². The maximum Gasteiger partial charge on any atom is 0.221 e. The van der Waals surface area contributed by atoms with Crippen molar-refractivity contribution in [2.45, 2.75) is 39.7 Å². The molecule has 0 saturated heterocycles. The maximum absolute atomic E-state index is 4.63. The second-order valence-electron chi connectivity index (χ2n) is 5.35. The van der Waals surface area contributed by atoms with Crippen LogP contribution in [0.5, 0.6) is 0 Å². The van der Waals surface area contributed by atoms with Gasteiger partial charge in [0, 0.05) is 17.8 Å². The molecule has 0 bridgehead atoms. The Balaban J connectivity index is 2.03. The lowest BCUT2D eigenvalue weighted by atomic mass is 9.98. The molecule has 2 heterocycles. The predicted octanol–water partition coefficient (Wildman–Crippen LogP) is 2.49. The molecule has 18 heavy (non-hydrogen) atoms. The van der Waals surface area contributed by atoms with E-state index in [4.69, 9.17) is 0 Å². The normalized spacial score (nSPS) is 11.8. The summed E-state index contributed by atoms with van der Waals surface area (Å²) in [7, 11) is 1.88. The summed E-state index contributed by atoms with van der Waals surface area (Å²) in [6.07, 6.45) is 0. The van der Waals surface area contributed by atoms with Crippen LogP contribution in [0, 0.1) is 6.92 Å². The zero-order chi connectivity index (χ0) is 13.3. The first-order valence-electron chi connectivity index (χ1n) is 5.92. The zero-order valence-electron chi connectivity index (χ0n) is 11.5. The van der Waals surface area contributed by atoms with Gasteiger partial charge in [0.15, 0.2) is 0 Å². The third kappa shape index (κ3) is 2.87. The van der Waals surface area contributed by atoms with E-state index in [0.717, 1.165) is 22.5 Å². The summed E-state index contributed by atoms with van der Waals surface area (Å²) in [5.74, 6) is 1.55. The number of hydrogen-bond acceptors (Lipinski definition) is 5. The van der Waals surface area contributed by atoms with Crippen LogP contribution in [0.1, 0.15) is 37.3 Å². The molecule has 6 heteroatoms. The smallest absolute Gasteiger partial charge is 0.221 e. The Morgan fingerprint density at radius 1 is 1.33 bits per heavy atom. The van der Waals surface area contributed by atoms with Crippen molar-refractivity contribution in [3.8, 4) is 0 Å². The fraction of sp³-hybridized carbons (Fsp3) is 0.583. The minimum absolute atomic E-state index is 0.115. The van der Waals surface area contributed by atoms with E-state index < -0.39 is 0 Å². The van der Waals surface area contributed by atoms with Crippen molar-refractivity contribution in [1.29, 1.82) is 0 Å². The Hall–Kier alpha value is -1.43. The number of rotatable bonds is 3. The number of anilines is 1. The van der Waals surface area contributed by atoms with Crippen LogP contribution in [0.15, 0.2) is 5.38 Å². The minimum Gasteiger partial charge on any atom is -0.349 e. The molecule has 1 N–H and O–H groups in total. The monoisotopic (exact) mass is 265 g/mol. The summed E-state index contributed by atoms with van der Waals surface area (Å²) in [6.45, 7) is 9.09. The Labute approximate surface area is 111 Å². The third-order valence-electron chi connectivity index (χ3n) is 2.49. The molecule has 2 aromatic rings. The van der Waals surface area contributed by atoms with Crippen molar-refractivity contribution >= 4 is 17.3 Å². The molecule has 0 aromatic carbocycles. The minimum atomic E-state index is 0.115. The molecule has 0 amide bonds. The molecular weight excluding hydrogens is 246 g/mol. The lowest BCUT2D eigenvalue weighted by Crippen LogP contribution is -2.11. The largest absolute Gasteiger partial charge is 0.349 e. The van der Waals surface area contributed by atoms with Gasteiger partial charge < -0.3 is 5.32 Å². The van der Waals surface area contributed by atoms with Gasteiger partial charge in [-0.25, -0.2) is 9.67 Å². The van der Waals surface area contributed by atoms with Gasteiger partial charge in [-0.2, -0.15) is 10.1 Å². The highest BCUT2D eigenvalue weighted by molar-refractivity contribution is 7.09. The van der Waals surface area contributed by atoms with Crippen molar-refractivity contribution in [3.63, 3.8) is 0 Å². The number of aryl methyl sites for hydroxylation is 2. The van der Waals surface area contributed by atoms with Gasteiger partial charge >= 0.3 is 0 Å². The van der Waals surface area contributed by atoms with E-state index in [-0.39, 0.29) is 5.41 Å². The van der Waals surface area contributed by atoms with Crippen LogP contribution in [-0.4, -0.2) is 19.7 Å². The molecule has 0 saturated carbocycles. The third-order valence-corrected chi connectivity index (χ3v) is 3.81. The average molecular weight is 265 g/mol. The van der Waals surface area contributed by atoms with Crippen molar-refractivity contribution in [1.82, 2.24) is 19.7 Å². The van der Waals surface area contributed by atoms with Gasteiger partial charge in [0.25, 0.3) is 0 Å². The summed E-state index contributed by atoms with van der Waals surface area (Å²) >= 11 is 1.71. The standard InChI is InChI=1S/C12H19N5S/c1-8-14-11(17(5)16-8)13-6-9-7-18-10(15-9)12(2,3)4/h7H,6H2,1-5H3,(H,13,14,16). The van der Waals surface area contributed by atoms with Crippen LogP contribution < -0.4 is 5.32 Å². The number of aromatic nitrogens is 4. The fourth-order valence-electron chi connectivity index (χ4n) is 1.57. The molecule has 0 radical (unpaired) electrons. The van der Waals surface area contributed by atoms with Crippen molar-refractivity contribution in [2.24, 2.45) is 7.05 Å². The van der Waals surface area contributed by atoms with E-state index >= 15 is 0 Å². The topological polar surface area (TPSA) is 55.6 Å². The van der Waals surface area contributed by atoms with Gasteiger partial charge in [0.2, 0.25) is 5.95 Å². The zero-order valence-corrected chi connectivity index (χ0v) is 12.3. The lowest BCUT2D eigenvalue weighted by Gasteiger charge is -2.13. The first-order chi connectivity index (χ1) is 8.36. The lowest BCUT2D eigenvalue weighted by molar-refractivity contribution is 0.583. The quantitative estimate of drug-likeness (QED) is 0.926. The van der Waals surface area contributed by atoms with Crippen LogP contribution in [0.2, 0.25) is 0 Å². The summed E-state index contributed by atoms with van der Waals surface area (Å²) in [4.78, 5) is 8.93. The SMILES string of the molecule is Cc1nc(NCc2csc(C(C)(C)C)n2)n(C)n1. The molecular formula is C12H19N5S. The first-order valence-corrected chi connectivity index (χ1v) is 6.80. The molecule has 2 rings (SSSR count). The summed E-state index contributed by atoms with van der Waals surface area (Å²) < 4.78 is 1.74. The summed E-state index contributed by atoms with van der Waals surface area (Å²) in [6, 6.07) is 0. The molecule has 0 spiro atoms. The van der Waals surface area contributed by atoms with E-state index in [1.807, 2.05) is 14.0 Å².